The zero-order chi connectivity index (χ0) is 13.0. The number of halogens is 1. The minimum atomic E-state index is -0.177. The Balaban J connectivity index is 1.89. The maximum absolute atomic E-state index is 11.8. The van der Waals surface area contributed by atoms with Crippen molar-refractivity contribution in [2.45, 2.75) is 6.42 Å². The quantitative estimate of drug-likeness (QED) is 0.834. The molecule has 1 heterocycles. The van der Waals surface area contributed by atoms with Crippen molar-refractivity contribution in [3.8, 4) is 0 Å². The number of amides is 1. The van der Waals surface area contributed by atoms with Crippen molar-refractivity contribution in [2.24, 2.45) is 0 Å². The molecule has 1 aromatic carbocycles. The molecule has 2 rings (SSSR count). The van der Waals surface area contributed by atoms with Gasteiger partial charge in [0, 0.05) is 18.5 Å². The first-order chi connectivity index (χ1) is 8.66. The fraction of sp³-hybridized carbons (Fsp3) is 0.154. The summed E-state index contributed by atoms with van der Waals surface area (Å²) < 4.78 is 5.17. The highest BCUT2D eigenvalue weighted by molar-refractivity contribution is 6.33. The lowest BCUT2D eigenvalue weighted by molar-refractivity contribution is 0.0953. The van der Waals surface area contributed by atoms with Crippen LogP contribution in [-0.2, 0) is 6.42 Å². The molecule has 3 N–H and O–H groups in total. The van der Waals surface area contributed by atoms with E-state index in [0.29, 0.717) is 29.2 Å². The molecule has 0 aliphatic carbocycles. The summed E-state index contributed by atoms with van der Waals surface area (Å²) in [5, 5.41) is 3.17. The van der Waals surface area contributed by atoms with Gasteiger partial charge in [0.2, 0.25) is 0 Å². The second-order valence-electron chi connectivity index (χ2n) is 3.82. The predicted octanol–water partition coefficient (Wildman–Crippen LogP) is 2.49. The molecule has 0 radical (unpaired) electrons. The minimum absolute atomic E-state index is 0.177. The Labute approximate surface area is 110 Å². The van der Waals surface area contributed by atoms with Crippen molar-refractivity contribution in [1.82, 2.24) is 5.32 Å². The number of hydrogen-bond acceptors (Lipinski definition) is 3. The molecular formula is C13H13ClN2O2. The fourth-order valence-electron chi connectivity index (χ4n) is 1.52. The lowest BCUT2D eigenvalue weighted by Gasteiger charge is -2.05. The molecule has 0 saturated heterocycles. The molecule has 94 valence electrons. The number of nitrogens with two attached hydrogens (primary N) is 1. The topological polar surface area (TPSA) is 68.3 Å². The van der Waals surface area contributed by atoms with E-state index in [1.54, 1.807) is 24.5 Å². The van der Waals surface area contributed by atoms with Crippen LogP contribution in [0.1, 0.15) is 16.1 Å². The second-order valence-corrected chi connectivity index (χ2v) is 4.23. The third kappa shape index (κ3) is 3.05. The molecular weight excluding hydrogens is 252 g/mol. The van der Waals surface area contributed by atoms with Gasteiger partial charge in [0.25, 0.3) is 5.91 Å². The molecule has 1 aromatic heterocycles. The molecule has 18 heavy (non-hydrogen) atoms. The Morgan fingerprint density at radius 1 is 1.39 bits per heavy atom. The van der Waals surface area contributed by atoms with Crippen molar-refractivity contribution in [2.75, 3.05) is 12.3 Å². The summed E-state index contributed by atoms with van der Waals surface area (Å²) in [7, 11) is 0. The lowest BCUT2D eigenvalue weighted by atomic mass is 10.2. The number of hydrogen-bond donors (Lipinski definition) is 2. The lowest BCUT2D eigenvalue weighted by Crippen LogP contribution is -2.25. The summed E-state index contributed by atoms with van der Waals surface area (Å²) >= 11 is 5.85. The summed E-state index contributed by atoms with van der Waals surface area (Å²) in [5.41, 5.74) is 6.53. The van der Waals surface area contributed by atoms with Gasteiger partial charge in [-0.1, -0.05) is 11.6 Å². The molecule has 2 aromatic rings. The van der Waals surface area contributed by atoms with Gasteiger partial charge in [-0.2, -0.15) is 0 Å². The molecule has 0 bridgehead atoms. The van der Waals surface area contributed by atoms with Gasteiger partial charge in [-0.25, -0.2) is 0 Å². The number of anilines is 1. The van der Waals surface area contributed by atoms with Crippen LogP contribution in [0.5, 0.6) is 0 Å². The summed E-state index contributed by atoms with van der Waals surface area (Å²) in [6.45, 7) is 0.508. The van der Waals surface area contributed by atoms with E-state index in [-0.39, 0.29) is 5.91 Å². The van der Waals surface area contributed by atoms with E-state index < -0.39 is 0 Å². The maximum atomic E-state index is 11.8. The van der Waals surface area contributed by atoms with Crippen LogP contribution in [0.25, 0.3) is 0 Å². The van der Waals surface area contributed by atoms with Gasteiger partial charge in [-0.15, -0.1) is 0 Å². The first-order valence-corrected chi connectivity index (χ1v) is 5.90. The average Bonchev–Trinajstić information content (AvgIpc) is 2.85. The van der Waals surface area contributed by atoms with E-state index in [4.69, 9.17) is 21.8 Å². The van der Waals surface area contributed by atoms with Gasteiger partial charge in [0.05, 0.1) is 17.0 Å². The zero-order valence-corrected chi connectivity index (χ0v) is 10.4. The summed E-state index contributed by atoms with van der Waals surface area (Å²) in [5.74, 6) is 0.661. The van der Waals surface area contributed by atoms with Crippen LogP contribution in [0.15, 0.2) is 41.0 Å². The molecule has 0 spiro atoms. The van der Waals surface area contributed by atoms with Crippen molar-refractivity contribution < 1.29 is 9.21 Å². The van der Waals surface area contributed by atoms with Gasteiger partial charge in [-0.3, -0.25) is 4.79 Å². The standard InChI is InChI=1S/C13H13ClN2O2/c14-11-8-9(3-4-12(11)15)13(17)16-6-5-10-2-1-7-18-10/h1-4,7-8H,5-6,15H2,(H,16,17). The number of furan rings is 1. The summed E-state index contributed by atoms with van der Waals surface area (Å²) in [4.78, 5) is 11.8. The Hall–Kier alpha value is -1.94. The highest BCUT2D eigenvalue weighted by Gasteiger charge is 2.07. The molecule has 1 amide bonds. The van der Waals surface area contributed by atoms with Crippen molar-refractivity contribution in [1.29, 1.82) is 0 Å². The smallest absolute Gasteiger partial charge is 0.251 e. The van der Waals surface area contributed by atoms with Crippen LogP contribution in [0, 0.1) is 0 Å². The van der Waals surface area contributed by atoms with Crippen LogP contribution in [0.3, 0.4) is 0 Å². The van der Waals surface area contributed by atoms with Crippen molar-refractivity contribution >= 4 is 23.2 Å². The second kappa shape index (κ2) is 5.60. The molecule has 0 aliphatic heterocycles. The van der Waals surface area contributed by atoms with Crippen LogP contribution < -0.4 is 11.1 Å². The Bertz CT molecular complexity index is 538. The van der Waals surface area contributed by atoms with E-state index in [9.17, 15) is 4.79 Å². The SMILES string of the molecule is Nc1ccc(C(=O)NCCc2ccco2)cc1Cl. The number of nitrogen functional groups attached to an aromatic ring is 1. The zero-order valence-electron chi connectivity index (χ0n) is 9.65. The Kier molecular flexibility index (Phi) is 3.89. The van der Waals surface area contributed by atoms with Crippen molar-refractivity contribution in [3.63, 3.8) is 0 Å². The van der Waals surface area contributed by atoms with Crippen LogP contribution in [0.4, 0.5) is 5.69 Å². The Morgan fingerprint density at radius 3 is 2.89 bits per heavy atom. The molecule has 0 atom stereocenters. The number of benzene rings is 1. The van der Waals surface area contributed by atoms with Crippen LogP contribution in [0.2, 0.25) is 5.02 Å². The van der Waals surface area contributed by atoms with E-state index in [1.807, 2.05) is 12.1 Å². The van der Waals surface area contributed by atoms with Gasteiger partial charge in [0.15, 0.2) is 0 Å². The van der Waals surface area contributed by atoms with E-state index in [1.165, 1.54) is 0 Å². The van der Waals surface area contributed by atoms with Crippen molar-refractivity contribution in [3.05, 3.63) is 52.9 Å². The van der Waals surface area contributed by atoms with Crippen LogP contribution in [-0.4, -0.2) is 12.5 Å². The first-order valence-electron chi connectivity index (χ1n) is 5.52. The largest absolute Gasteiger partial charge is 0.469 e. The van der Waals surface area contributed by atoms with Gasteiger partial charge < -0.3 is 15.5 Å². The first kappa shape index (κ1) is 12.5. The van der Waals surface area contributed by atoms with E-state index in [2.05, 4.69) is 5.32 Å². The molecule has 0 saturated carbocycles. The molecule has 0 fully saturated rings. The van der Waals surface area contributed by atoms with Crippen LogP contribution >= 0.6 is 11.6 Å². The fourth-order valence-corrected chi connectivity index (χ4v) is 1.71. The average molecular weight is 265 g/mol. The van der Waals surface area contributed by atoms with E-state index >= 15 is 0 Å². The van der Waals surface area contributed by atoms with Gasteiger partial charge >= 0.3 is 0 Å². The molecule has 0 unspecified atom stereocenters. The van der Waals surface area contributed by atoms with E-state index in [0.717, 1.165) is 5.76 Å². The number of rotatable bonds is 4. The molecule has 0 aliphatic rings. The minimum Gasteiger partial charge on any atom is -0.469 e. The summed E-state index contributed by atoms with van der Waals surface area (Å²) in [6.07, 6.45) is 2.26. The number of nitrogens with one attached hydrogen (secondary N) is 1. The van der Waals surface area contributed by atoms with Gasteiger partial charge in [-0.05, 0) is 30.3 Å². The summed E-state index contributed by atoms with van der Waals surface area (Å²) in [6, 6.07) is 8.50. The number of carbonyl (C=O) groups is 1. The Morgan fingerprint density at radius 2 is 2.22 bits per heavy atom. The highest BCUT2D eigenvalue weighted by atomic mass is 35.5. The maximum Gasteiger partial charge on any atom is 0.251 e. The molecule has 5 heteroatoms. The number of carbonyl (C=O) groups excluding carboxylic acids is 1. The highest BCUT2D eigenvalue weighted by Crippen LogP contribution is 2.19. The van der Waals surface area contributed by atoms with Gasteiger partial charge in [0.1, 0.15) is 5.76 Å². The molecule has 4 nitrogen and oxygen atoms in total. The monoisotopic (exact) mass is 264 g/mol. The third-order valence-corrected chi connectivity index (χ3v) is 2.83. The predicted molar refractivity (Wildman–Crippen MR) is 70.6 cm³/mol. The normalized spacial score (nSPS) is 10.3. The third-order valence-electron chi connectivity index (χ3n) is 2.50.